The monoisotopic (exact) mass is 314 g/mol. The molecule has 1 N–H and O–H groups in total. The van der Waals surface area contributed by atoms with E-state index in [-0.39, 0.29) is 18.0 Å². The van der Waals surface area contributed by atoms with Crippen LogP contribution in [0, 0.1) is 0 Å². The number of hydrogen-bond acceptors (Lipinski definition) is 3. The van der Waals surface area contributed by atoms with E-state index in [1.807, 2.05) is 0 Å². The van der Waals surface area contributed by atoms with E-state index in [1.165, 1.54) is 16.8 Å². The van der Waals surface area contributed by atoms with Gasteiger partial charge in [-0.25, -0.2) is 4.39 Å². The Morgan fingerprint density at radius 2 is 2.04 bits per heavy atom. The average molecular weight is 314 g/mol. The summed E-state index contributed by atoms with van der Waals surface area (Å²) in [6, 6.07) is 8.68. The molecular formula is C19H23FN2O. The van der Waals surface area contributed by atoms with Crippen LogP contribution >= 0.6 is 0 Å². The molecule has 2 atom stereocenters. The predicted octanol–water partition coefficient (Wildman–Crippen LogP) is 3.92. The van der Waals surface area contributed by atoms with E-state index in [2.05, 4.69) is 47.6 Å². The first-order valence-corrected chi connectivity index (χ1v) is 8.62. The van der Waals surface area contributed by atoms with Gasteiger partial charge in [0, 0.05) is 24.6 Å². The van der Waals surface area contributed by atoms with Gasteiger partial charge in [-0.3, -0.25) is 4.79 Å². The third-order valence-corrected chi connectivity index (χ3v) is 5.66. The molecule has 4 heteroatoms. The van der Waals surface area contributed by atoms with Crippen molar-refractivity contribution in [2.75, 3.05) is 0 Å². The second-order valence-corrected chi connectivity index (χ2v) is 7.11. The first kappa shape index (κ1) is 14.7. The van der Waals surface area contributed by atoms with Crippen molar-refractivity contribution in [2.45, 2.75) is 63.3 Å². The highest BCUT2D eigenvalue weighted by atomic mass is 19.1. The highest BCUT2D eigenvalue weighted by Gasteiger charge is 2.41. The number of alkyl halides is 1. The first-order valence-electron chi connectivity index (χ1n) is 8.62. The summed E-state index contributed by atoms with van der Waals surface area (Å²) in [6.07, 6.45) is 5.27. The molecule has 0 saturated heterocycles. The maximum absolute atomic E-state index is 15.0. The quantitative estimate of drug-likeness (QED) is 0.917. The lowest BCUT2D eigenvalue weighted by atomic mass is 9.81. The number of carbonyl (C=O) groups is 1. The molecule has 0 bridgehead atoms. The number of rotatable bonds is 3. The summed E-state index contributed by atoms with van der Waals surface area (Å²) in [4.78, 5) is 13.8. The molecule has 0 spiro atoms. The van der Waals surface area contributed by atoms with Gasteiger partial charge >= 0.3 is 0 Å². The molecule has 23 heavy (non-hydrogen) atoms. The lowest BCUT2D eigenvalue weighted by Crippen LogP contribution is -2.36. The molecule has 0 radical (unpaired) electrons. The van der Waals surface area contributed by atoms with E-state index in [9.17, 15) is 4.79 Å². The number of halogens is 1. The van der Waals surface area contributed by atoms with Crippen LogP contribution in [0.15, 0.2) is 30.5 Å². The van der Waals surface area contributed by atoms with Gasteiger partial charge in [0.15, 0.2) is 0 Å². The lowest BCUT2D eigenvalue weighted by molar-refractivity contribution is -0.123. The number of benzene rings is 1. The SMILES string of the molecule is CC1NC=C2c3ccccc3C(CCC3(F)CCC(=O)CC3)N21. The zero-order chi connectivity index (χ0) is 16.0. The maximum atomic E-state index is 15.0. The van der Waals surface area contributed by atoms with Crippen molar-refractivity contribution in [1.29, 1.82) is 0 Å². The highest BCUT2D eigenvalue weighted by Crippen LogP contribution is 2.48. The molecule has 2 aliphatic heterocycles. The second kappa shape index (κ2) is 5.36. The van der Waals surface area contributed by atoms with E-state index in [4.69, 9.17) is 0 Å². The van der Waals surface area contributed by atoms with Gasteiger partial charge in [0.1, 0.15) is 11.5 Å². The number of ketones is 1. The fraction of sp³-hybridized carbons (Fsp3) is 0.526. The maximum Gasteiger partial charge on any atom is 0.133 e. The molecule has 3 aliphatic rings. The molecule has 2 heterocycles. The zero-order valence-electron chi connectivity index (χ0n) is 13.5. The van der Waals surface area contributed by atoms with Gasteiger partial charge in [0.2, 0.25) is 0 Å². The van der Waals surface area contributed by atoms with Crippen LogP contribution in [0.2, 0.25) is 0 Å². The number of hydrogen-bond donors (Lipinski definition) is 1. The Bertz CT molecular complexity index is 659. The summed E-state index contributed by atoms with van der Waals surface area (Å²) >= 11 is 0. The number of nitrogens with zero attached hydrogens (tertiary/aromatic N) is 1. The summed E-state index contributed by atoms with van der Waals surface area (Å²) in [6.45, 7) is 2.15. The van der Waals surface area contributed by atoms with Gasteiger partial charge in [0.25, 0.3) is 0 Å². The molecular weight excluding hydrogens is 291 g/mol. The number of fused-ring (bicyclic) bond motifs is 3. The van der Waals surface area contributed by atoms with Crippen molar-refractivity contribution in [3.63, 3.8) is 0 Å². The van der Waals surface area contributed by atoms with E-state index in [1.54, 1.807) is 0 Å². The Morgan fingerprint density at radius 3 is 2.83 bits per heavy atom. The summed E-state index contributed by atoms with van der Waals surface area (Å²) in [5, 5.41) is 3.37. The molecule has 3 nitrogen and oxygen atoms in total. The Balaban J connectivity index is 1.54. The van der Waals surface area contributed by atoms with Crippen molar-refractivity contribution in [3.05, 3.63) is 41.6 Å². The second-order valence-electron chi connectivity index (χ2n) is 7.11. The summed E-state index contributed by atoms with van der Waals surface area (Å²) in [7, 11) is 0. The van der Waals surface area contributed by atoms with E-state index < -0.39 is 5.67 Å². The van der Waals surface area contributed by atoms with Gasteiger partial charge < -0.3 is 10.2 Å². The van der Waals surface area contributed by atoms with E-state index in [0.717, 1.165) is 6.42 Å². The Morgan fingerprint density at radius 1 is 1.30 bits per heavy atom. The molecule has 122 valence electrons. The van der Waals surface area contributed by atoms with Crippen LogP contribution in [0.3, 0.4) is 0 Å². The molecule has 0 aromatic heterocycles. The molecule has 1 aliphatic carbocycles. The number of Topliss-reactive ketones (excluding diaryl/α,β-unsaturated/α-hetero) is 1. The Labute approximate surface area is 136 Å². The van der Waals surface area contributed by atoms with Crippen LogP contribution in [0.25, 0.3) is 5.70 Å². The fourth-order valence-electron chi connectivity index (χ4n) is 4.31. The largest absolute Gasteiger partial charge is 0.370 e. The predicted molar refractivity (Wildman–Crippen MR) is 88.1 cm³/mol. The van der Waals surface area contributed by atoms with Crippen LogP contribution in [-0.4, -0.2) is 22.5 Å². The third-order valence-electron chi connectivity index (χ3n) is 5.66. The average Bonchev–Trinajstić information content (AvgIpc) is 3.08. The lowest BCUT2D eigenvalue weighted by Gasteiger charge is -2.33. The van der Waals surface area contributed by atoms with Gasteiger partial charge in [-0.2, -0.15) is 0 Å². The van der Waals surface area contributed by atoms with Crippen molar-refractivity contribution in [3.8, 4) is 0 Å². The minimum Gasteiger partial charge on any atom is -0.370 e. The standard InChI is InChI=1S/C19H23FN2O/c1-13-21-12-18-16-5-3-2-4-15(16)17(22(13)18)8-11-19(20)9-6-14(23)7-10-19/h2-5,12-13,17,21H,6-11H2,1H3. The van der Waals surface area contributed by atoms with Crippen LogP contribution in [-0.2, 0) is 4.79 Å². The Hall–Kier alpha value is -1.84. The van der Waals surface area contributed by atoms with Gasteiger partial charge in [-0.1, -0.05) is 24.3 Å². The van der Waals surface area contributed by atoms with Crippen LogP contribution in [0.1, 0.15) is 62.6 Å². The summed E-state index contributed by atoms with van der Waals surface area (Å²) < 4.78 is 15.0. The van der Waals surface area contributed by atoms with E-state index >= 15 is 4.39 Å². The van der Waals surface area contributed by atoms with Crippen molar-refractivity contribution in [2.24, 2.45) is 0 Å². The fourth-order valence-corrected chi connectivity index (χ4v) is 4.31. The smallest absolute Gasteiger partial charge is 0.133 e. The first-order chi connectivity index (χ1) is 11.1. The van der Waals surface area contributed by atoms with Crippen molar-refractivity contribution in [1.82, 2.24) is 10.2 Å². The molecule has 1 aromatic carbocycles. The van der Waals surface area contributed by atoms with E-state index in [0.29, 0.717) is 32.1 Å². The van der Waals surface area contributed by atoms with Gasteiger partial charge in [0.05, 0.1) is 17.9 Å². The summed E-state index contributed by atoms with van der Waals surface area (Å²) in [5.74, 6) is 0.215. The molecule has 1 saturated carbocycles. The normalized spacial score (nSPS) is 28.2. The van der Waals surface area contributed by atoms with Crippen LogP contribution < -0.4 is 5.32 Å². The number of nitrogens with one attached hydrogen (secondary N) is 1. The van der Waals surface area contributed by atoms with Crippen molar-refractivity contribution < 1.29 is 9.18 Å². The minimum absolute atomic E-state index is 0.215. The molecule has 1 aromatic rings. The van der Waals surface area contributed by atoms with Gasteiger partial charge in [-0.05, 0) is 38.2 Å². The molecule has 0 amide bonds. The topological polar surface area (TPSA) is 32.3 Å². The third kappa shape index (κ3) is 2.44. The van der Waals surface area contributed by atoms with Crippen LogP contribution in [0.4, 0.5) is 4.39 Å². The molecule has 1 fully saturated rings. The molecule has 2 unspecified atom stereocenters. The van der Waals surface area contributed by atoms with Crippen molar-refractivity contribution >= 4 is 11.5 Å². The number of carbonyl (C=O) groups excluding carboxylic acids is 1. The zero-order valence-corrected chi connectivity index (χ0v) is 13.5. The molecule has 4 rings (SSSR count). The highest BCUT2D eigenvalue weighted by molar-refractivity contribution is 5.79. The Kier molecular flexibility index (Phi) is 3.43. The van der Waals surface area contributed by atoms with Crippen LogP contribution in [0.5, 0.6) is 0 Å². The minimum atomic E-state index is -1.16. The van der Waals surface area contributed by atoms with Gasteiger partial charge in [-0.15, -0.1) is 0 Å². The summed E-state index contributed by atoms with van der Waals surface area (Å²) in [5.41, 5.74) is 2.64.